The molecule has 0 saturated carbocycles. The van der Waals surface area contributed by atoms with Crippen LogP contribution in [0.3, 0.4) is 0 Å². The van der Waals surface area contributed by atoms with Crippen molar-refractivity contribution in [3.8, 4) is 5.75 Å². The number of ether oxygens (including phenoxy) is 1. The van der Waals surface area contributed by atoms with Gasteiger partial charge in [0.2, 0.25) is 0 Å². The van der Waals surface area contributed by atoms with E-state index in [-0.39, 0.29) is 6.04 Å². The monoisotopic (exact) mass is 308 g/mol. The third-order valence-corrected chi connectivity index (χ3v) is 3.78. The van der Waals surface area contributed by atoms with Crippen molar-refractivity contribution >= 4 is 7.12 Å². The predicted molar refractivity (Wildman–Crippen MR) is 90.8 cm³/mol. The molecule has 1 aromatic rings. The summed E-state index contributed by atoms with van der Waals surface area (Å²) in [6.45, 7) is 1.85. The molecule has 124 valence electrons. The van der Waals surface area contributed by atoms with Crippen LogP contribution in [0, 0.1) is 0 Å². The van der Waals surface area contributed by atoms with E-state index in [9.17, 15) is 0 Å². The van der Waals surface area contributed by atoms with Crippen LogP contribution in [0.25, 0.3) is 0 Å². The number of rotatable bonds is 11. The van der Waals surface area contributed by atoms with Crippen molar-refractivity contribution in [2.45, 2.75) is 44.6 Å². The Morgan fingerprint density at radius 3 is 2.45 bits per heavy atom. The number of hydrogen-bond acceptors (Lipinski definition) is 5. The zero-order valence-electron chi connectivity index (χ0n) is 13.7. The lowest BCUT2D eigenvalue weighted by Crippen LogP contribution is -2.28. The summed E-state index contributed by atoms with van der Waals surface area (Å²) < 4.78 is 5.15. The van der Waals surface area contributed by atoms with E-state index in [0.717, 1.165) is 44.5 Å². The Balaban J connectivity index is 2.17. The molecule has 0 heterocycles. The van der Waals surface area contributed by atoms with Gasteiger partial charge in [-0.1, -0.05) is 25.0 Å². The second-order valence-corrected chi connectivity index (χ2v) is 5.90. The van der Waals surface area contributed by atoms with E-state index < -0.39 is 7.12 Å². The lowest BCUT2D eigenvalue weighted by molar-refractivity contribution is 0.306. The van der Waals surface area contributed by atoms with Crippen LogP contribution in [0.4, 0.5) is 0 Å². The molecule has 5 nitrogen and oxygen atoms in total. The summed E-state index contributed by atoms with van der Waals surface area (Å²) in [6.07, 6.45) is 4.08. The first-order chi connectivity index (χ1) is 10.5. The highest BCUT2D eigenvalue weighted by Crippen LogP contribution is 2.13. The van der Waals surface area contributed by atoms with Gasteiger partial charge in [0.05, 0.1) is 7.11 Å². The second-order valence-electron chi connectivity index (χ2n) is 5.90. The molecule has 0 aliphatic carbocycles. The van der Waals surface area contributed by atoms with E-state index in [1.54, 1.807) is 7.11 Å². The minimum atomic E-state index is -1.19. The van der Waals surface area contributed by atoms with Crippen molar-refractivity contribution in [3.63, 3.8) is 0 Å². The number of nitrogens with two attached hydrogens (primary N) is 1. The largest absolute Gasteiger partial charge is 0.497 e. The minimum Gasteiger partial charge on any atom is -0.497 e. The summed E-state index contributed by atoms with van der Waals surface area (Å²) in [5.74, 6) is 0.876. The number of methoxy groups -OCH3 is 1. The minimum absolute atomic E-state index is 0.175. The van der Waals surface area contributed by atoms with E-state index >= 15 is 0 Å². The molecule has 0 bridgehead atoms. The van der Waals surface area contributed by atoms with Crippen molar-refractivity contribution in [1.82, 2.24) is 4.90 Å². The quantitative estimate of drug-likeness (QED) is 0.426. The van der Waals surface area contributed by atoms with E-state index in [2.05, 4.69) is 24.1 Å². The summed E-state index contributed by atoms with van der Waals surface area (Å²) in [6, 6.07) is 8.29. The fraction of sp³-hybridized carbons (Fsp3) is 0.625. The zero-order valence-corrected chi connectivity index (χ0v) is 13.7. The Kier molecular flexibility index (Phi) is 9.16. The van der Waals surface area contributed by atoms with Crippen molar-refractivity contribution in [2.24, 2.45) is 5.73 Å². The van der Waals surface area contributed by atoms with E-state index in [1.807, 2.05) is 12.1 Å². The second kappa shape index (κ2) is 10.6. The number of benzene rings is 1. The molecule has 0 spiro atoms. The van der Waals surface area contributed by atoms with Crippen LogP contribution in [0.1, 0.15) is 31.2 Å². The van der Waals surface area contributed by atoms with Crippen LogP contribution in [-0.4, -0.2) is 48.8 Å². The topological polar surface area (TPSA) is 79.0 Å². The van der Waals surface area contributed by atoms with Gasteiger partial charge in [-0.3, -0.25) is 0 Å². The highest BCUT2D eigenvalue weighted by Gasteiger charge is 2.08. The molecule has 0 aliphatic rings. The normalized spacial score (nSPS) is 12.5. The maximum atomic E-state index is 8.78. The lowest BCUT2D eigenvalue weighted by Gasteiger charge is -2.19. The van der Waals surface area contributed by atoms with Crippen LogP contribution in [-0.2, 0) is 6.54 Å². The average Bonchev–Trinajstić information content (AvgIpc) is 2.50. The molecule has 0 aromatic heterocycles. The number of hydrogen-bond donors (Lipinski definition) is 3. The molecular formula is C16H29BN2O3. The van der Waals surface area contributed by atoms with Gasteiger partial charge in [0.25, 0.3) is 0 Å². The maximum Gasteiger partial charge on any atom is 0.451 e. The van der Waals surface area contributed by atoms with Gasteiger partial charge in [-0.15, -0.1) is 0 Å². The molecule has 1 unspecified atom stereocenters. The lowest BCUT2D eigenvalue weighted by atomic mass is 9.83. The SMILES string of the molecule is COc1ccc(CN(C)CCC(N)CCCCB(O)O)cc1. The van der Waals surface area contributed by atoms with E-state index in [0.29, 0.717) is 6.32 Å². The van der Waals surface area contributed by atoms with Gasteiger partial charge in [-0.2, -0.15) is 0 Å². The van der Waals surface area contributed by atoms with Gasteiger partial charge in [-0.25, -0.2) is 0 Å². The van der Waals surface area contributed by atoms with E-state index in [1.165, 1.54) is 5.56 Å². The highest BCUT2D eigenvalue weighted by molar-refractivity contribution is 6.40. The van der Waals surface area contributed by atoms with Crippen LogP contribution >= 0.6 is 0 Å². The molecule has 0 fully saturated rings. The molecule has 4 N–H and O–H groups in total. The fourth-order valence-electron chi connectivity index (χ4n) is 2.39. The van der Waals surface area contributed by atoms with Gasteiger partial charge in [0.15, 0.2) is 0 Å². The molecular weight excluding hydrogens is 279 g/mol. The Morgan fingerprint density at radius 2 is 1.86 bits per heavy atom. The predicted octanol–water partition coefficient (Wildman–Crippen LogP) is 1.49. The third-order valence-electron chi connectivity index (χ3n) is 3.78. The smallest absolute Gasteiger partial charge is 0.451 e. The Bertz CT molecular complexity index is 401. The first kappa shape index (κ1) is 19.0. The van der Waals surface area contributed by atoms with Crippen molar-refractivity contribution in [1.29, 1.82) is 0 Å². The molecule has 0 aliphatic heterocycles. The molecule has 6 heteroatoms. The molecule has 0 amide bonds. The van der Waals surface area contributed by atoms with Crippen molar-refractivity contribution in [2.75, 3.05) is 20.7 Å². The van der Waals surface area contributed by atoms with Gasteiger partial charge in [-0.05, 0) is 50.5 Å². The fourth-order valence-corrected chi connectivity index (χ4v) is 2.39. The molecule has 0 radical (unpaired) electrons. The van der Waals surface area contributed by atoms with Gasteiger partial charge in [0.1, 0.15) is 5.75 Å². The summed E-state index contributed by atoms with van der Waals surface area (Å²) in [5, 5.41) is 17.6. The van der Waals surface area contributed by atoms with E-state index in [4.69, 9.17) is 20.5 Å². The number of nitrogens with zero attached hydrogens (tertiary/aromatic N) is 1. The summed E-state index contributed by atoms with van der Waals surface area (Å²) in [7, 11) is 2.58. The first-order valence-corrected chi connectivity index (χ1v) is 7.94. The van der Waals surface area contributed by atoms with Gasteiger partial charge >= 0.3 is 7.12 Å². The van der Waals surface area contributed by atoms with Crippen LogP contribution in [0.5, 0.6) is 5.75 Å². The number of unbranched alkanes of at least 4 members (excludes halogenated alkanes) is 1. The maximum absolute atomic E-state index is 8.78. The molecule has 22 heavy (non-hydrogen) atoms. The Hall–Kier alpha value is -1.08. The molecule has 1 atom stereocenters. The zero-order chi connectivity index (χ0) is 16.4. The Labute approximate surface area is 134 Å². The summed E-state index contributed by atoms with van der Waals surface area (Å²) in [4.78, 5) is 2.26. The average molecular weight is 308 g/mol. The molecule has 0 saturated heterocycles. The van der Waals surface area contributed by atoms with Crippen LogP contribution in [0.2, 0.25) is 6.32 Å². The summed E-state index contributed by atoms with van der Waals surface area (Å²) in [5.41, 5.74) is 7.36. The summed E-state index contributed by atoms with van der Waals surface area (Å²) >= 11 is 0. The van der Waals surface area contributed by atoms with Crippen LogP contribution < -0.4 is 10.5 Å². The molecule has 1 aromatic carbocycles. The van der Waals surface area contributed by atoms with Crippen molar-refractivity contribution < 1.29 is 14.8 Å². The Morgan fingerprint density at radius 1 is 1.18 bits per heavy atom. The molecule has 1 rings (SSSR count). The first-order valence-electron chi connectivity index (χ1n) is 7.94. The van der Waals surface area contributed by atoms with Crippen molar-refractivity contribution in [3.05, 3.63) is 29.8 Å². The van der Waals surface area contributed by atoms with Gasteiger partial charge in [0, 0.05) is 12.6 Å². The van der Waals surface area contributed by atoms with Gasteiger partial charge < -0.3 is 25.4 Å². The highest BCUT2D eigenvalue weighted by atomic mass is 16.5. The standard InChI is InChI=1S/C16H29BN2O3/c1-19(13-14-6-8-16(22-2)9-7-14)12-10-15(18)5-3-4-11-17(20)21/h6-9,15,20-21H,3-5,10-13,18H2,1-2H3. The third kappa shape index (κ3) is 8.39. The van der Waals surface area contributed by atoms with Crippen LogP contribution in [0.15, 0.2) is 24.3 Å².